The van der Waals surface area contributed by atoms with Crippen molar-refractivity contribution in [1.82, 2.24) is 19.7 Å². The number of pyridine rings is 1. The van der Waals surface area contributed by atoms with E-state index in [4.69, 9.17) is 5.73 Å². The quantitative estimate of drug-likeness (QED) is 0.503. The molecule has 2 aromatic heterocycles. The molecule has 1 aromatic carbocycles. The van der Waals surface area contributed by atoms with Crippen LogP contribution < -0.4 is 11.1 Å². The third kappa shape index (κ3) is 5.58. The number of nitrogens with zero attached hydrogens (tertiary/aromatic N) is 4. The summed E-state index contributed by atoms with van der Waals surface area (Å²) in [6, 6.07) is 11.0. The number of anilines is 1. The van der Waals surface area contributed by atoms with Gasteiger partial charge in [-0.15, -0.1) is 22.0 Å². The van der Waals surface area contributed by atoms with Gasteiger partial charge in [0.15, 0.2) is 11.0 Å². The van der Waals surface area contributed by atoms with Crippen LogP contribution in [0.5, 0.6) is 0 Å². The monoisotopic (exact) mass is 428 g/mol. The van der Waals surface area contributed by atoms with Gasteiger partial charge in [0.1, 0.15) is 0 Å². The normalized spacial score (nSPS) is 10.7. The van der Waals surface area contributed by atoms with Crippen molar-refractivity contribution in [3.63, 3.8) is 0 Å². The number of carbonyl (C=O) groups is 2. The van der Waals surface area contributed by atoms with Gasteiger partial charge < -0.3 is 15.6 Å². The third-order valence-electron chi connectivity index (χ3n) is 3.84. The van der Waals surface area contributed by atoms with E-state index in [-0.39, 0.29) is 17.4 Å². The molecule has 8 nitrogen and oxygen atoms in total. The number of thioether (sulfide) groups is 2. The van der Waals surface area contributed by atoms with Crippen molar-refractivity contribution in [1.29, 1.82) is 0 Å². The number of aromatic nitrogens is 4. The Labute approximate surface area is 176 Å². The first-order valence-corrected chi connectivity index (χ1v) is 10.8. The zero-order valence-corrected chi connectivity index (χ0v) is 17.4. The van der Waals surface area contributed by atoms with Crippen LogP contribution in [0.1, 0.15) is 6.92 Å². The molecule has 0 saturated heterocycles. The van der Waals surface area contributed by atoms with E-state index in [1.165, 1.54) is 23.5 Å². The second kappa shape index (κ2) is 10.1. The highest BCUT2D eigenvalue weighted by molar-refractivity contribution is 8.00. The topological polar surface area (TPSA) is 116 Å². The van der Waals surface area contributed by atoms with E-state index in [1.807, 2.05) is 41.8 Å². The van der Waals surface area contributed by atoms with Gasteiger partial charge in [0.2, 0.25) is 11.8 Å². The molecule has 150 valence electrons. The molecular weight excluding hydrogens is 408 g/mol. The summed E-state index contributed by atoms with van der Waals surface area (Å²) in [4.78, 5) is 28.3. The smallest absolute Gasteiger partial charge is 0.234 e. The minimum absolute atomic E-state index is 0.152. The molecule has 0 aliphatic rings. The molecule has 2 heterocycles. The van der Waals surface area contributed by atoms with Crippen LogP contribution >= 0.6 is 23.5 Å². The number of primary amides is 1. The van der Waals surface area contributed by atoms with E-state index in [0.29, 0.717) is 17.4 Å². The molecule has 0 bridgehead atoms. The maximum Gasteiger partial charge on any atom is 0.234 e. The molecule has 0 spiro atoms. The number of benzene rings is 1. The summed E-state index contributed by atoms with van der Waals surface area (Å²) in [5.41, 5.74) is 6.78. The molecule has 0 aliphatic heterocycles. The van der Waals surface area contributed by atoms with Crippen LogP contribution in [0.3, 0.4) is 0 Å². The molecule has 2 amide bonds. The Hall–Kier alpha value is -2.85. The maximum absolute atomic E-state index is 12.5. The van der Waals surface area contributed by atoms with Gasteiger partial charge in [-0.1, -0.05) is 23.9 Å². The van der Waals surface area contributed by atoms with E-state index >= 15 is 0 Å². The van der Waals surface area contributed by atoms with Crippen molar-refractivity contribution < 1.29 is 9.59 Å². The first kappa shape index (κ1) is 20.9. The molecule has 3 aromatic rings. The SMILES string of the molecule is CCn1c(SCC(=O)Nc2ccccc2SCC(N)=O)nnc1-c1ccncc1. The van der Waals surface area contributed by atoms with Gasteiger partial charge in [-0.3, -0.25) is 14.6 Å². The molecule has 0 saturated carbocycles. The van der Waals surface area contributed by atoms with Crippen LogP contribution in [0.4, 0.5) is 5.69 Å². The highest BCUT2D eigenvalue weighted by atomic mass is 32.2. The highest BCUT2D eigenvalue weighted by Gasteiger charge is 2.15. The van der Waals surface area contributed by atoms with Crippen LogP contribution in [0.15, 0.2) is 58.8 Å². The Kier molecular flexibility index (Phi) is 7.25. The van der Waals surface area contributed by atoms with Gasteiger partial charge in [0, 0.05) is 29.4 Å². The maximum atomic E-state index is 12.5. The highest BCUT2D eigenvalue weighted by Crippen LogP contribution is 2.27. The summed E-state index contributed by atoms with van der Waals surface area (Å²) in [5, 5.41) is 12.0. The number of carbonyl (C=O) groups excluding carboxylic acids is 2. The average Bonchev–Trinajstić information content (AvgIpc) is 3.15. The zero-order chi connectivity index (χ0) is 20.6. The third-order valence-corrected chi connectivity index (χ3v) is 5.90. The average molecular weight is 429 g/mol. The number of hydrogen-bond donors (Lipinski definition) is 2. The number of nitrogens with one attached hydrogen (secondary N) is 1. The van der Waals surface area contributed by atoms with Crippen molar-refractivity contribution in [2.45, 2.75) is 23.5 Å². The fourth-order valence-electron chi connectivity index (χ4n) is 2.56. The lowest BCUT2D eigenvalue weighted by molar-refractivity contribution is -0.115. The Morgan fingerprint density at radius 2 is 1.83 bits per heavy atom. The summed E-state index contributed by atoms with van der Waals surface area (Å²) < 4.78 is 1.96. The predicted molar refractivity (Wildman–Crippen MR) is 115 cm³/mol. The second-order valence-corrected chi connectivity index (χ2v) is 7.83. The predicted octanol–water partition coefficient (Wildman–Crippen LogP) is 2.67. The number of rotatable bonds is 9. The fraction of sp³-hybridized carbons (Fsp3) is 0.211. The van der Waals surface area contributed by atoms with E-state index in [9.17, 15) is 9.59 Å². The fourth-order valence-corrected chi connectivity index (χ4v) is 4.11. The largest absolute Gasteiger partial charge is 0.369 e. The summed E-state index contributed by atoms with van der Waals surface area (Å²) >= 11 is 2.61. The minimum Gasteiger partial charge on any atom is -0.369 e. The Balaban J connectivity index is 1.65. The first-order valence-electron chi connectivity index (χ1n) is 8.85. The van der Waals surface area contributed by atoms with Crippen LogP contribution in [-0.2, 0) is 16.1 Å². The van der Waals surface area contributed by atoms with Gasteiger partial charge in [-0.05, 0) is 31.2 Å². The van der Waals surface area contributed by atoms with Crippen molar-refractivity contribution in [2.24, 2.45) is 5.73 Å². The molecule has 0 fully saturated rings. The lowest BCUT2D eigenvalue weighted by Gasteiger charge is -2.10. The Morgan fingerprint density at radius 1 is 1.07 bits per heavy atom. The number of nitrogens with two attached hydrogens (primary N) is 1. The summed E-state index contributed by atoms with van der Waals surface area (Å²) in [7, 11) is 0. The van der Waals surface area contributed by atoms with Crippen molar-refractivity contribution in [3.8, 4) is 11.4 Å². The molecule has 0 aliphatic carbocycles. The minimum atomic E-state index is -0.407. The second-order valence-electron chi connectivity index (χ2n) is 5.87. The molecule has 0 radical (unpaired) electrons. The van der Waals surface area contributed by atoms with Crippen LogP contribution in [-0.4, -0.2) is 43.1 Å². The molecule has 0 unspecified atom stereocenters. The van der Waals surface area contributed by atoms with E-state index < -0.39 is 5.91 Å². The number of hydrogen-bond acceptors (Lipinski definition) is 7. The molecule has 0 atom stereocenters. The zero-order valence-electron chi connectivity index (χ0n) is 15.7. The Bertz CT molecular complexity index is 993. The lowest BCUT2D eigenvalue weighted by atomic mass is 10.2. The van der Waals surface area contributed by atoms with Gasteiger partial charge in [-0.2, -0.15) is 0 Å². The number of amides is 2. The molecular formula is C19H20N6O2S2. The Morgan fingerprint density at radius 3 is 2.55 bits per heavy atom. The standard InChI is InChI=1S/C19H20N6O2S2/c1-2-25-18(13-7-9-21-10-8-13)23-24-19(25)29-12-17(27)22-14-5-3-4-6-15(14)28-11-16(20)26/h3-10H,2,11-12H2,1H3,(H2,20,26)(H,22,27). The van der Waals surface area contributed by atoms with Gasteiger partial charge in [0.05, 0.1) is 17.2 Å². The van der Waals surface area contributed by atoms with Crippen molar-refractivity contribution >= 4 is 41.0 Å². The van der Waals surface area contributed by atoms with E-state index in [2.05, 4.69) is 20.5 Å². The number of para-hydroxylation sites is 1. The van der Waals surface area contributed by atoms with E-state index in [1.54, 1.807) is 18.5 Å². The molecule has 3 N–H and O–H groups in total. The first-order chi connectivity index (χ1) is 14.1. The molecule has 29 heavy (non-hydrogen) atoms. The van der Waals surface area contributed by atoms with Crippen LogP contribution in [0.2, 0.25) is 0 Å². The summed E-state index contributed by atoms with van der Waals surface area (Å²) in [5.74, 6) is 0.502. The summed E-state index contributed by atoms with van der Waals surface area (Å²) in [6.07, 6.45) is 3.41. The van der Waals surface area contributed by atoms with Gasteiger partial charge in [-0.25, -0.2) is 0 Å². The summed E-state index contributed by atoms with van der Waals surface area (Å²) in [6.45, 7) is 2.69. The molecule has 3 rings (SSSR count). The van der Waals surface area contributed by atoms with Crippen LogP contribution in [0.25, 0.3) is 11.4 Å². The van der Waals surface area contributed by atoms with Gasteiger partial charge in [0.25, 0.3) is 0 Å². The van der Waals surface area contributed by atoms with Crippen LogP contribution in [0, 0.1) is 0 Å². The lowest BCUT2D eigenvalue weighted by Crippen LogP contribution is -2.16. The van der Waals surface area contributed by atoms with E-state index in [0.717, 1.165) is 16.3 Å². The van der Waals surface area contributed by atoms with Crippen molar-refractivity contribution in [3.05, 3.63) is 48.8 Å². The molecule has 10 heteroatoms. The van der Waals surface area contributed by atoms with Crippen molar-refractivity contribution in [2.75, 3.05) is 16.8 Å². The van der Waals surface area contributed by atoms with Gasteiger partial charge >= 0.3 is 0 Å².